The number of ether oxygens (including phenoxy) is 1. The molecular weight excluding hydrogens is 256 g/mol. The minimum Gasteiger partial charge on any atom is -0.489 e. The lowest BCUT2D eigenvalue weighted by molar-refractivity contribution is -0.384. The van der Waals surface area contributed by atoms with Gasteiger partial charge in [-0.25, -0.2) is 0 Å². The van der Waals surface area contributed by atoms with Crippen molar-refractivity contribution in [1.29, 1.82) is 0 Å². The molecule has 0 aliphatic rings. The summed E-state index contributed by atoms with van der Waals surface area (Å²) in [5.74, 6) is 0.743. The van der Waals surface area contributed by atoms with Crippen molar-refractivity contribution in [2.24, 2.45) is 5.73 Å². The van der Waals surface area contributed by atoms with Gasteiger partial charge in [-0.05, 0) is 42.3 Å². The van der Waals surface area contributed by atoms with Crippen molar-refractivity contribution in [3.05, 3.63) is 69.8 Å². The highest BCUT2D eigenvalue weighted by Gasteiger charge is 2.04. The number of benzene rings is 2. The van der Waals surface area contributed by atoms with Crippen LogP contribution in [0.4, 0.5) is 5.69 Å². The van der Waals surface area contributed by atoms with Crippen LogP contribution in [0.3, 0.4) is 0 Å². The second-order valence-electron chi connectivity index (χ2n) is 4.57. The van der Waals surface area contributed by atoms with E-state index >= 15 is 0 Å². The normalized spacial score (nSPS) is 11.9. The summed E-state index contributed by atoms with van der Waals surface area (Å²) in [7, 11) is 0. The number of nitrogens with two attached hydrogens (primary N) is 1. The fourth-order valence-electron chi connectivity index (χ4n) is 1.75. The number of hydrogen-bond donors (Lipinski definition) is 1. The summed E-state index contributed by atoms with van der Waals surface area (Å²) in [4.78, 5) is 10.1. The lowest BCUT2D eigenvalue weighted by atomic mass is 10.1. The maximum absolute atomic E-state index is 10.5. The molecule has 1 atom stereocenters. The molecule has 0 aliphatic carbocycles. The Morgan fingerprint density at radius 3 is 2.25 bits per heavy atom. The Bertz CT molecular complexity index is 577. The molecule has 0 fully saturated rings. The summed E-state index contributed by atoms with van der Waals surface area (Å²) < 4.78 is 5.62. The van der Waals surface area contributed by atoms with Crippen molar-refractivity contribution in [1.82, 2.24) is 0 Å². The number of nitro benzene ring substituents is 1. The maximum atomic E-state index is 10.5. The van der Waals surface area contributed by atoms with Gasteiger partial charge in [-0.2, -0.15) is 0 Å². The highest BCUT2D eigenvalue weighted by atomic mass is 16.6. The lowest BCUT2D eigenvalue weighted by Crippen LogP contribution is -2.04. The van der Waals surface area contributed by atoms with E-state index in [4.69, 9.17) is 10.5 Å². The Balaban J connectivity index is 1.96. The monoisotopic (exact) mass is 272 g/mol. The largest absolute Gasteiger partial charge is 0.489 e. The van der Waals surface area contributed by atoms with Crippen molar-refractivity contribution in [3.8, 4) is 5.75 Å². The lowest BCUT2D eigenvalue weighted by Gasteiger charge is -2.09. The number of rotatable bonds is 5. The highest BCUT2D eigenvalue weighted by Crippen LogP contribution is 2.18. The molecule has 0 radical (unpaired) electrons. The van der Waals surface area contributed by atoms with Gasteiger partial charge in [0.05, 0.1) is 4.92 Å². The van der Waals surface area contributed by atoms with Crippen molar-refractivity contribution < 1.29 is 9.66 Å². The molecule has 0 saturated carbocycles. The zero-order chi connectivity index (χ0) is 14.5. The third-order valence-corrected chi connectivity index (χ3v) is 2.96. The minimum absolute atomic E-state index is 0.00118. The molecule has 0 aliphatic heterocycles. The molecular formula is C15H16N2O3. The van der Waals surface area contributed by atoms with Crippen LogP contribution in [-0.2, 0) is 6.61 Å². The molecule has 0 aromatic heterocycles. The summed E-state index contributed by atoms with van der Waals surface area (Å²) in [6.07, 6.45) is 0. The van der Waals surface area contributed by atoms with Crippen LogP contribution < -0.4 is 10.5 Å². The number of nitro groups is 1. The van der Waals surface area contributed by atoms with Gasteiger partial charge in [0.1, 0.15) is 12.4 Å². The third kappa shape index (κ3) is 3.55. The molecule has 2 rings (SSSR count). The zero-order valence-corrected chi connectivity index (χ0v) is 11.2. The van der Waals surface area contributed by atoms with Gasteiger partial charge in [-0.3, -0.25) is 10.1 Å². The van der Waals surface area contributed by atoms with Crippen LogP contribution in [0.1, 0.15) is 24.1 Å². The van der Waals surface area contributed by atoms with Gasteiger partial charge in [0.2, 0.25) is 0 Å². The maximum Gasteiger partial charge on any atom is 0.269 e. The molecule has 0 spiro atoms. The van der Waals surface area contributed by atoms with Gasteiger partial charge in [0, 0.05) is 18.2 Å². The second kappa shape index (κ2) is 6.16. The molecule has 104 valence electrons. The van der Waals surface area contributed by atoms with Gasteiger partial charge >= 0.3 is 0 Å². The summed E-state index contributed by atoms with van der Waals surface area (Å²) in [5.41, 5.74) is 7.78. The van der Waals surface area contributed by atoms with E-state index in [1.807, 2.05) is 31.2 Å². The van der Waals surface area contributed by atoms with Crippen molar-refractivity contribution in [2.75, 3.05) is 0 Å². The van der Waals surface area contributed by atoms with Crippen LogP contribution >= 0.6 is 0 Å². The average Bonchev–Trinajstić information content (AvgIpc) is 2.46. The van der Waals surface area contributed by atoms with Crippen molar-refractivity contribution >= 4 is 5.69 Å². The summed E-state index contributed by atoms with van der Waals surface area (Å²) in [5, 5.41) is 10.5. The SMILES string of the molecule is C[C@H](N)c1ccc(OCc2ccc([N+](=O)[O-])cc2)cc1. The number of nitrogens with zero attached hydrogens (tertiary/aromatic N) is 1. The fraction of sp³-hybridized carbons (Fsp3) is 0.200. The van der Waals surface area contributed by atoms with Crippen LogP contribution in [0.5, 0.6) is 5.75 Å². The van der Waals surface area contributed by atoms with Crippen LogP contribution in [0.25, 0.3) is 0 Å². The smallest absolute Gasteiger partial charge is 0.269 e. The molecule has 0 bridgehead atoms. The Hall–Kier alpha value is -2.40. The van der Waals surface area contributed by atoms with Crippen LogP contribution in [0.15, 0.2) is 48.5 Å². The first-order valence-corrected chi connectivity index (χ1v) is 6.28. The van der Waals surface area contributed by atoms with Gasteiger partial charge in [-0.15, -0.1) is 0 Å². The van der Waals surface area contributed by atoms with Crippen LogP contribution in [-0.4, -0.2) is 4.92 Å². The van der Waals surface area contributed by atoms with Crippen LogP contribution in [0.2, 0.25) is 0 Å². The third-order valence-electron chi connectivity index (χ3n) is 2.96. The van der Waals surface area contributed by atoms with Crippen molar-refractivity contribution in [3.63, 3.8) is 0 Å². The first-order valence-electron chi connectivity index (χ1n) is 6.28. The van der Waals surface area contributed by atoms with Crippen LogP contribution in [0, 0.1) is 10.1 Å². The molecule has 0 unspecified atom stereocenters. The fourth-order valence-corrected chi connectivity index (χ4v) is 1.75. The van der Waals surface area contributed by atoms with E-state index in [-0.39, 0.29) is 11.7 Å². The average molecular weight is 272 g/mol. The Morgan fingerprint density at radius 2 is 1.75 bits per heavy atom. The first kappa shape index (κ1) is 14.0. The molecule has 5 nitrogen and oxygen atoms in total. The van der Waals surface area contributed by atoms with Gasteiger partial charge in [0.25, 0.3) is 5.69 Å². The molecule has 2 N–H and O–H groups in total. The van der Waals surface area contributed by atoms with E-state index in [2.05, 4.69) is 0 Å². The zero-order valence-electron chi connectivity index (χ0n) is 11.2. The summed E-state index contributed by atoms with van der Waals surface area (Å²) in [6.45, 7) is 2.29. The topological polar surface area (TPSA) is 78.4 Å². The predicted octanol–water partition coefficient (Wildman–Crippen LogP) is 3.19. The van der Waals surface area contributed by atoms with E-state index in [0.29, 0.717) is 6.61 Å². The molecule has 0 amide bonds. The Morgan fingerprint density at radius 1 is 1.15 bits per heavy atom. The first-order chi connectivity index (χ1) is 9.56. The summed E-state index contributed by atoms with van der Waals surface area (Å²) >= 11 is 0. The van der Waals surface area contributed by atoms with Gasteiger partial charge in [-0.1, -0.05) is 12.1 Å². The van der Waals surface area contributed by atoms with Crippen molar-refractivity contribution in [2.45, 2.75) is 19.6 Å². The predicted molar refractivity (Wildman–Crippen MR) is 76.5 cm³/mol. The second-order valence-corrected chi connectivity index (χ2v) is 4.57. The standard InChI is InChI=1S/C15H16N2O3/c1-11(16)13-4-8-15(9-5-13)20-10-12-2-6-14(7-3-12)17(18)19/h2-9,11H,10,16H2,1H3/t11-/m0/s1. The molecule has 20 heavy (non-hydrogen) atoms. The molecule has 0 saturated heterocycles. The van der Waals surface area contributed by atoms with E-state index in [9.17, 15) is 10.1 Å². The van der Waals surface area contributed by atoms with E-state index < -0.39 is 4.92 Å². The van der Waals surface area contributed by atoms with E-state index in [1.54, 1.807) is 12.1 Å². The van der Waals surface area contributed by atoms with E-state index in [1.165, 1.54) is 12.1 Å². The quantitative estimate of drug-likeness (QED) is 0.669. The highest BCUT2D eigenvalue weighted by molar-refractivity contribution is 5.33. The molecule has 0 heterocycles. The van der Waals surface area contributed by atoms with Gasteiger partial charge in [0.15, 0.2) is 0 Å². The molecule has 2 aromatic carbocycles. The minimum atomic E-state index is -0.419. The summed E-state index contributed by atoms with van der Waals surface area (Å²) in [6, 6.07) is 13.9. The number of hydrogen-bond acceptors (Lipinski definition) is 4. The Labute approximate surface area is 117 Å². The van der Waals surface area contributed by atoms with E-state index in [0.717, 1.165) is 16.9 Å². The Kier molecular flexibility index (Phi) is 4.32. The molecule has 2 aromatic rings. The number of non-ortho nitro benzene ring substituents is 1. The molecule has 5 heteroatoms. The van der Waals surface area contributed by atoms with Gasteiger partial charge < -0.3 is 10.5 Å².